The molecule has 0 heterocycles. The second-order valence-electron chi connectivity index (χ2n) is 5.84. The maximum Gasteiger partial charge on any atom is 0.271 e. The van der Waals surface area contributed by atoms with Crippen molar-refractivity contribution in [2.75, 3.05) is 0 Å². The van der Waals surface area contributed by atoms with E-state index >= 15 is 0 Å². The number of amides is 1. The van der Waals surface area contributed by atoms with Gasteiger partial charge in [-0.1, -0.05) is 39.7 Å². The van der Waals surface area contributed by atoms with Crippen LogP contribution >= 0.6 is 27.5 Å². The fraction of sp³-hybridized carbons (Fsp3) is 0.0476. The number of phenolic OH excluding ortho intramolecular Hbond substituents is 1. The van der Waals surface area contributed by atoms with Crippen LogP contribution in [0, 0.1) is 0 Å². The van der Waals surface area contributed by atoms with Gasteiger partial charge in [0.25, 0.3) is 5.91 Å². The van der Waals surface area contributed by atoms with E-state index in [4.69, 9.17) is 16.3 Å². The lowest BCUT2D eigenvalue weighted by molar-refractivity contribution is 0.0955. The molecule has 0 saturated heterocycles. The van der Waals surface area contributed by atoms with Crippen LogP contribution in [-0.4, -0.2) is 17.2 Å². The molecule has 3 rings (SSSR count). The van der Waals surface area contributed by atoms with Crippen molar-refractivity contribution in [1.82, 2.24) is 5.43 Å². The summed E-state index contributed by atoms with van der Waals surface area (Å²) in [7, 11) is 0. The largest absolute Gasteiger partial charge is 0.507 e. The van der Waals surface area contributed by atoms with E-state index < -0.39 is 0 Å². The summed E-state index contributed by atoms with van der Waals surface area (Å²) in [6, 6.07) is 19.1. The first-order valence-electron chi connectivity index (χ1n) is 8.30. The lowest BCUT2D eigenvalue weighted by Gasteiger charge is -2.07. The summed E-state index contributed by atoms with van der Waals surface area (Å²) >= 11 is 9.17. The Bertz CT molecular complexity index is 990. The molecule has 0 aliphatic carbocycles. The Morgan fingerprint density at radius 3 is 2.54 bits per heavy atom. The zero-order valence-electron chi connectivity index (χ0n) is 14.6. The zero-order chi connectivity index (χ0) is 19.9. The van der Waals surface area contributed by atoms with E-state index in [-0.39, 0.29) is 11.7 Å². The average Bonchev–Trinajstić information content (AvgIpc) is 2.70. The molecule has 0 fully saturated rings. The number of hydrogen-bond donors (Lipinski definition) is 2. The molecular formula is C21H16BrClN2O3. The number of nitrogens with one attached hydrogen (secondary N) is 1. The van der Waals surface area contributed by atoms with Crippen molar-refractivity contribution >= 4 is 39.7 Å². The Hall–Kier alpha value is -2.83. The molecule has 28 heavy (non-hydrogen) atoms. The zero-order valence-corrected chi connectivity index (χ0v) is 16.9. The van der Waals surface area contributed by atoms with Gasteiger partial charge >= 0.3 is 0 Å². The van der Waals surface area contributed by atoms with Gasteiger partial charge in [-0.15, -0.1) is 0 Å². The molecule has 3 aromatic carbocycles. The van der Waals surface area contributed by atoms with Gasteiger partial charge in [-0.3, -0.25) is 4.79 Å². The molecule has 0 aliphatic rings. The van der Waals surface area contributed by atoms with E-state index in [0.29, 0.717) is 28.5 Å². The Morgan fingerprint density at radius 2 is 1.82 bits per heavy atom. The molecular weight excluding hydrogens is 444 g/mol. The minimum atomic E-state index is -0.366. The topological polar surface area (TPSA) is 70.9 Å². The molecule has 0 bridgehead atoms. The number of benzene rings is 3. The second-order valence-corrected chi connectivity index (χ2v) is 7.19. The summed E-state index contributed by atoms with van der Waals surface area (Å²) in [5.74, 6) is 0.354. The van der Waals surface area contributed by atoms with Gasteiger partial charge in [0.05, 0.1) is 6.21 Å². The van der Waals surface area contributed by atoms with Gasteiger partial charge in [-0.2, -0.15) is 5.10 Å². The van der Waals surface area contributed by atoms with E-state index in [1.807, 2.05) is 24.3 Å². The van der Waals surface area contributed by atoms with E-state index in [0.717, 1.165) is 10.0 Å². The molecule has 1 amide bonds. The molecule has 0 unspecified atom stereocenters. The fourth-order valence-corrected chi connectivity index (χ4v) is 2.81. The smallest absolute Gasteiger partial charge is 0.271 e. The summed E-state index contributed by atoms with van der Waals surface area (Å²) in [6.45, 7) is 0.406. The van der Waals surface area contributed by atoms with Crippen LogP contribution in [0.2, 0.25) is 5.02 Å². The minimum Gasteiger partial charge on any atom is -0.507 e. The lowest BCUT2D eigenvalue weighted by Crippen LogP contribution is -2.17. The number of rotatable bonds is 6. The molecule has 5 nitrogen and oxygen atoms in total. The highest BCUT2D eigenvalue weighted by molar-refractivity contribution is 9.10. The normalized spacial score (nSPS) is 10.8. The van der Waals surface area contributed by atoms with Crippen LogP contribution in [0.15, 0.2) is 76.3 Å². The van der Waals surface area contributed by atoms with Crippen molar-refractivity contribution in [3.8, 4) is 11.5 Å². The van der Waals surface area contributed by atoms with Gasteiger partial charge in [-0.05, 0) is 60.2 Å². The van der Waals surface area contributed by atoms with Crippen LogP contribution in [0.1, 0.15) is 21.5 Å². The summed E-state index contributed by atoms with van der Waals surface area (Å²) in [5.41, 5.74) is 4.35. The van der Waals surface area contributed by atoms with Crippen LogP contribution in [0.5, 0.6) is 11.5 Å². The van der Waals surface area contributed by atoms with Crippen molar-refractivity contribution in [2.45, 2.75) is 6.61 Å². The van der Waals surface area contributed by atoms with Gasteiger partial charge in [0, 0.05) is 20.6 Å². The molecule has 0 aliphatic heterocycles. The first-order valence-corrected chi connectivity index (χ1v) is 9.47. The molecule has 7 heteroatoms. The molecule has 0 radical (unpaired) electrons. The predicted octanol–water partition coefficient (Wildman–Crippen LogP) is 5.15. The molecule has 0 atom stereocenters. The van der Waals surface area contributed by atoms with Crippen LogP contribution in [0.3, 0.4) is 0 Å². The average molecular weight is 460 g/mol. The molecule has 0 aromatic heterocycles. The summed E-state index contributed by atoms with van der Waals surface area (Å²) in [5, 5.41) is 14.3. The van der Waals surface area contributed by atoms with Gasteiger partial charge in [0.2, 0.25) is 0 Å². The number of nitrogens with zero attached hydrogens (tertiary/aromatic N) is 1. The number of halogens is 2. The molecule has 0 spiro atoms. The Morgan fingerprint density at radius 1 is 1.11 bits per heavy atom. The second kappa shape index (κ2) is 9.39. The van der Waals surface area contributed by atoms with Crippen molar-refractivity contribution < 1.29 is 14.6 Å². The van der Waals surface area contributed by atoms with E-state index in [9.17, 15) is 9.90 Å². The monoisotopic (exact) mass is 458 g/mol. The SMILES string of the molecule is O=C(N/N=C/c1cc(Br)ccc1O)c1ccc(OCc2ccc(Cl)cc2)cc1. The number of carbonyl (C=O) groups is 1. The summed E-state index contributed by atoms with van der Waals surface area (Å²) < 4.78 is 6.49. The highest BCUT2D eigenvalue weighted by Gasteiger charge is 2.05. The fourth-order valence-electron chi connectivity index (χ4n) is 2.30. The molecule has 2 N–H and O–H groups in total. The van der Waals surface area contributed by atoms with Gasteiger partial charge < -0.3 is 9.84 Å². The number of ether oxygens (including phenoxy) is 1. The van der Waals surface area contributed by atoms with Crippen molar-refractivity contribution in [1.29, 1.82) is 0 Å². The molecule has 142 valence electrons. The summed E-state index contributed by atoms with van der Waals surface area (Å²) in [4.78, 5) is 12.2. The molecule has 0 saturated carbocycles. The third kappa shape index (κ3) is 5.58. The maximum atomic E-state index is 12.2. The minimum absolute atomic E-state index is 0.0726. The van der Waals surface area contributed by atoms with Crippen molar-refractivity contribution in [2.24, 2.45) is 5.10 Å². The van der Waals surface area contributed by atoms with Crippen molar-refractivity contribution in [3.63, 3.8) is 0 Å². The van der Waals surface area contributed by atoms with Gasteiger partial charge in [0.1, 0.15) is 18.1 Å². The number of phenols is 1. The van der Waals surface area contributed by atoms with Crippen LogP contribution in [0.25, 0.3) is 0 Å². The number of hydrogen-bond acceptors (Lipinski definition) is 4. The third-order valence-electron chi connectivity index (χ3n) is 3.79. The van der Waals surface area contributed by atoms with E-state index in [1.165, 1.54) is 12.3 Å². The Kier molecular flexibility index (Phi) is 6.68. The van der Waals surface area contributed by atoms with E-state index in [2.05, 4.69) is 26.5 Å². The van der Waals surface area contributed by atoms with E-state index in [1.54, 1.807) is 36.4 Å². The third-order valence-corrected chi connectivity index (χ3v) is 4.54. The highest BCUT2D eigenvalue weighted by Crippen LogP contribution is 2.20. The first-order chi connectivity index (χ1) is 13.5. The number of carbonyl (C=O) groups excluding carboxylic acids is 1. The van der Waals surface area contributed by atoms with Gasteiger partial charge in [0.15, 0.2) is 0 Å². The Balaban J connectivity index is 1.55. The maximum absolute atomic E-state index is 12.2. The molecule has 3 aromatic rings. The predicted molar refractivity (Wildman–Crippen MR) is 113 cm³/mol. The first kappa shape index (κ1) is 19.9. The number of hydrazone groups is 1. The van der Waals surface area contributed by atoms with Crippen LogP contribution in [-0.2, 0) is 6.61 Å². The number of aromatic hydroxyl groups is 1. The van der Waals surface area contributed by atoms with Crippen LogP contribution in [0.4, 0.5) is 0 Å². The quantitative estimate of drug-likeness (QED) is 0.395. The summed E-state index contributed by atoms with van der Waals surface area (Å²) in [6.07, 6.45) is 1.38. The van der Waals surface area contributed by atoms with Crippen LogP contribution < -0.4 is 10.2 Å². The Labute approximate surface area is 175 Å². The lowest BCUT2D eigenvalue weighted by atomic mass is 10.2. The van der Waals surface area contributed by atoms with Crippen molar-refractivity contribution in [3.05, 3.63) is 92.9 Å². The van der Waals surface area contributed by atoms with Gasteiger partial charge in [-0.25, -0.2) is 5.43 Å². The standard InChI is InChI=1S/C21H16BrClN2O3/c22-17-5-10-20(26)16(11-17)12-24-25-21(27)15-3-8-19(9-4-15)28-13-14-1-6-18(23)7-2-14/h1-12,26H,13H2,(H,25,27)/b24-12+. The highest BCUT2D eigenvalue weighted by atomic mass is 79.9.